The average Bonchev–Trinajstić information content (AvgIpc) is 3.00. The highest BCUT2D eigenvalue weighted by Crippen LogP contribution is 2.18. The highest BCUT2D eigenvalue weighted by atomic mass is 16.2. The molecule has 0 bridgehead atoms. The van der Waals surface area contributed by atoms with E-state index in [1.807, 2.05) is 38.1 Å². The van der Waals surface area contributed by atoms with Crippen LogP contribution in [0.2, 0.25) is 0 Å². The van der Waals surface area contributed by atoms with Crippen molar-refractivity contribution in [3.05, 3.63) is 83.2 Å². The van der Waals surface area contributed by atoms with Crippen molar-refractivity contribution in [2.24, 2.45) is 0 Å². The summed E-state index contributed by atoms with van der Waals surface area (Å²) in [5, 5.41) is 5.71. The van der Waals surface area contributed by atoms with E-state index < -0.39 is 0 Å². The fourth-order valence-corrected chi connectivity index (χ4v) is 3.09. The molecular formula is C23H25N3O2. The molecule has 2 amide bonds. The van der Waals surface area contributed by atoms with Gasteiger partial charge in [-0.25, -0.2) is 0 Å². The van der Waals surface area contributed by atoms with Crippen molar-refractivity contribution < 1.29 is 9.59 Å². The van der Waals surface area contributed by atoms with Gasteiger partial charge in [-0.05, 0) is 88.4 Å². The van der Waals surface area contributed by atoms with E-state index in [2.05, 4.69) is 41.2 Å². The molecule has 28 heavy (non-hydrogen) atoms. The number of amides is 2. The second kappa shape index (κ2) is 8.13. The zero-order valence-electron chi connectivity index (χ0n) is 16.6. The summed E-state index contributed by atoms with van der Waals surface area (Å²) >= 11 is 0. The maximum absolute atomic E-state index is 12.5. The Hall–Kier alpha value is -3.34. The second-order valence-corrected chi connectivity index (χ2v) is 7.16. The molecule has 3 rings (SSSR count). The molecule has 2 N–H and O–H groups in total. The van der Waals surface area contributed by atoms with Gasteiger partial charge in [0.15, 0.2) is 0 Å². The average molecular weight is 375 g/mol. The first-order valence-corrected chi connectivity index (χ1v) is 9.33. The maximum Gasteiger partial charge on any atom is 0.255 e. The molecule has 0 spiro atoms. The SMILES string of the molecule is Cc1ccc(C)n1-c1ccc(C(=O)Nc2ccc(C(=O)NC(C)C)cc2)cc1. The molecule has 0 aliphatic rings. The molecule has 144 valence electrons. The van der Waals surface area contributed by atoms with E-state index in [0.29, 0.717) is 16.8 Å². The van der Waals surface area contributed by atoms with Crippen molar-refractivity contribution in [3.63, 3.8) is 0 Å². The lowest BCUT2D eigenvalue weighted by atomic mass is 10.1. The van der Waals surface area contributed by atoms with Gasteiger partial charge in [0.25, 0.3) is 11.8 Å². The summed E-state index contributed by atoms with van der Waals surface area (Å²) in [6.07, 6.45) is 0. The molecule has 0 saturated carbocycles. The zero-order chi connectivity index (χ0) is 20.3. The Morgan fingerprint density at radius 1 is 0.750 bits per heavy atom. The molecule has 0 fully saturated rings. The number of nitrogens with one attached hydrogen (secondary N) is 2. The second-order valence-electron chi connectivity index (χ2n) is 7.16. The molecule has 5 nitrogen and oxygen atoms in total. The number of hydrogen-bond acceptors (Lipinski definition) is 2. The Bertz CT molecular complexity index is 964. The lowest BCUT2D eigenvalue weighted by Crippen LogP contribution is -2.30. The van der Waals surface area contributed by atoms with Crippen molar-refractivity contribution >= 4 is 17.5 Å². The van der Waals surface area contributed by atoms with E-state index in [4.69, 9.17) is 0 Å². The highest BCUT2D eigenvalue weighted by molar-refractivity contribution is 6.04. The van der Waals surface area contributed by atoms with Crippen LogP contribution in [-0.2, 0) is 0 Å². The van der Waals surface area contributed by atoms with E-state index in [-0.39, 0.29) is 17.9 Å². The van der Waals surface area contributed by atoms with Crippen LogP contribution in [0.5, 0.6) is 0 Å². The van der Waals surface area contributed by atoms with Crippen LogP contribution in [0.4, 0.5) is 5.69 Å². The minimum absolute atomic E-state index is 0.0777. The largest absolute Gasteiger partial charge is 0.350 e. The van der Waals surface area contributed by atoms with Gasteiger partial charge >= 0.3 is 0 Å². The number of carbonyl (C=O) groups is 2. The number of benzene rings is 2. The number of aromatic nitrogens is 1. The van der Waals surface area contributed by atoms with Crippen LogP contribution >= 0.6 is 0 Å². The van der Waals surface area contributed by atoms with Crippen LogP contribution in [0, 0.1) is 13.8 Å². The van der Waals surface area contributed by atoms with Gasteiger partial charge < -0.3 is 15.2 Å². The normalized spacial score (nSPS) is 10.8. The predicted octanol–water partition coefficient (Wildman–Crippen LogP) is 4.48. The first-order valence-electron chi connectivity index (χ1n) is 9.33. The van der Waals surface area contributed by atoms with Gasteiger partial charge in [-0.3, -0.25) is 9.59 Å². The summed E-state index contributed by atoms with van der Waals surface area (Å²) < 4.78 is 2.14. The van der Waals surface area contributed by atoms with Crippen LogP contribution in [0.1, 0.15) is 46.0 Å². The molecule has 0 atom stereocenters. The summed E-state index contributed by atoms with van der Waals surface area (Å²) in [5.74, 6) is -0.314. The minimum atomic E-state index is -0.188. The number of carbonyl (C=O) groups excluding carboxylic acids is 2. The van der Waals surface area contributed by atoms with E-state index in [1.165, 1.54) is 0 Å². The van der Waals surface area contributed by atoms with Crippen LogP contribution < -0.4 is 10.6 Å². The first kappa shape index (κ1) is 19.4. The number of rotatable bonds is 5. The van der Waals surface area contributed by atoms with Gasteiger partial charge in [0, 0.05) is 39.9 Å². The quantitative estimate of drug-likeness (QED) is 0.690. The number of aryl methyl sites for hydroxylation is 2. The predicted molar refractivity (Wildman–Crippen MR) is 112 cm³/mol. The summed E-state index contributed by atoms with van der Waals surface area (Å²) in [7, 11) is 0. The molecule has 0 radical (unpaired) electrons. The molecule has 1 aromatic heterocycles. The van der Waals surface area contributed by atoms with E-state index in [1.54, 1.807) is 24.3 Å². The fraction of sp³-hybridized carbons (Fsp3) is 0.217. The molecule has 2 aromatic carbocycles. The lowest BCUT2D eigenvalue weighted by Gasteiger charge is -2.11. The highest BCUT2D eigenvalue weighted by Gasteiger charge is 2.10. The summed E-state index contributed by atoms with van der Waals surface area (Å²) in [6.45, 7) is 7.94. The molecule has 0 aliphatic carbocycles. The molecular weight excluding hydrogens is 350 g/mol. The molecule has 3 aromatic rings. The van der Waals surface area contributed by atoms with Gasteiger partial charge in [0.05, 0.1) is 0 Å². The fourth-order valence-electron chi connectivity index (χ4n) is 3.09. The van der Waals surface area contributed by atoms with Crippen molar-refractivity contribution in [2.45, 2.75) is 33.7 Å². The van der Waals surface area contributed by atoms with E-state index in [0.717, 1.165) is 17.1 Å². The van der Waals surface area contributed by atoms with Crippen molar-refractivity contribution in [1.29, 1.82) is 0 Å². The Kier molecular flexibility index (Phi) is 5.64. The van der Waals surface area contributed by atoms with Gasteiger partial charge in [0.1, 0.15) is 0 Å². The third-order valence-electron chi connectivity index (χ3n) is 4.48. The monoisotopic (exact) mass is 375 g/mol. The Balaban J connectivity index is 1.69. The van der Waals surface area contributed by atoms with Crippen LogP contribution in [0.3, 0.4) is 0 Å². The summed E-state index contributed by atoms with van der Waals surface area (Å²) in [4.78, 5) is 24.5. The van der Waals surface area contributed by atoms with Crippen LogP contribution in [-0.4, -0.2) is 22.4 Å². The number of hydrogen-bond donors (Lipinski definition) is 2. The van der Waals surface area contributed by atoms with Gasteiger partial charge in [-0.15, -0.1) is 0 Å². The smallest absolute Gasteiger partial charge is 0.255 e. The topological polar surface area (TPSA) is 63.1 Å². The molecule has 5 heteroatoms. The Morgan fingerprint density at radius 3 is 1.79 bits per heavy atom. The first-order chi connectivity index (χ1) is 13.3. The van der Waals surface area contributed by atoms with Gasteiger partial charge in [-0.1, -0.05) is 0 Å². The third kappa shape index (κ3) is 4.31. The molecule has 0 aliphatic heterocycles. The van der Waals surface area contributed by atoms with Crippen molar-refractivity contribution in [3.8, 4) is 5.69 Å². The zero-order valence-corrected chi connectivity index (χ0v) is 16.6. The van der Waals surface area contributed by atoms with E-state index >= 15 is 0 Å². The van der Waals surface area contributed by atoms with Crippen LogP contribution in [0.15, 0.2) is 60.7 Å². The van der Waals surface area contributed by atoms with Gasteiger partial charge in [0.2, 0.25) is 0 Å². The number of anilines is 1. The van der Waals surface area contributed by atoms with Crippen molar-refractivity contribution in [2.75, 3.05) is 5.32 Å². The summed E-state index contributed by atoms with van der Waals surface area (Å²) in [5.41, 5.74) is 5.11. The van der Waals surface area contributed by atoms with Crippen molar-refractivity contribution in [1.82, 2.24) is 9.88 Å². The number of nitrogens with zero attached hydrogens (tertiary/aromatic N) is 1. The minimum Gasteiger partial charge on any atom is -0.350 e. The van der Waals surface area contributed by atoms with Crippen LogP contribution in [0.25, 0.3) is 5.69 Å². The standard InChI is InChI=1S/C23H25N3O2/c1-15(2)24-22(27)18-7-11-20(12-8-18)25-23(28)19-9-13-21(14-10-19)26-16(3)5-6-17(26)4/h5-15H,1-4H3,(H,24,27)(H,25,28). The van der Waals surface area contributed by atoms with Gasteiger partial charge in [-0.2, -0.15) is 0 Å². The third-order valence-corrected chi connectivity index (χ3v) is 4.48. The summed E-state index contributed by atoms with van der Waals surface area (Å²) in [6, 6.07) is 18.6. The molecule has 1 heterocycles. The van der Waals surface area contributed by atoms with E-state index in [9.17, 15) is 9.59 Å². The lowest BCUT2D eigenvalue weighted by molar-refractivity contribution is 0.0942. The maximum atomic E-state index is 12.5. The molecule has 0 saturated heterocycles. The Labute approximate surface area is 165 Å². The Morgan fingerprint density at radius 2 is 1.25 bits per heavy atom. The molecule has 0 unspecified atom stereocenters.